The number of amides is 1. The lowest BCUT2D eigenvalue weighted by Crippen LogP contribution is -2.49. The van der Waals surface area contributed by atoms with Crippen LogP contribution in [0.5, 0.6) is 0 Å². The Morgan fingerprint density at radius 3 is 2.70 bits per heavy atom. The predicted molar refractivity (Wildman–Crippen MR) is 107 cm³/mol. The van der Waals surface area contributed by atoms with E-state index in [0.29, 0.717) is 19.7 Å². The number of hydrogen-bond donors (Lipinski definition) is 0. The normalized spacial score (nSPS) is 15.7. The minimum absolute atomic E-state index is 0.185. The maximum atomic E-state index is 12.4. The Bertz CT molecular complexity index is 907. The van der Waals surface area contributed by atoms with E-state index in [4.69, 9.17) is 4.74 Å². The number of rotatable bonds is 4. The molecular weight excluding hydrogens is 360 g/mol. The predicted octanol–water partition coefficient (Wildman–Crippen LogP) is 3.75. The summed E-state index contributed by atoms with van der Waals surface area (Å²) in [6.07, 6.45) is 1.38. The first kappa shape index (κ1) is 17.7. The summed E-state index contributed by atoms with van der Waals surface area (Å²) in [7, 11) is 0. The average Bonchev–Trinajstić information content (AvgIpc) is 3.21. The van der Waals surface area contributed by atoms with Gasteiger partial charge in [-0.05, 0) is 17.0 Å². The summed E-state index contributed by atoms with van der Waals surface area (Å²) in [6.45, 7) is 5.21. The summed E-state index contributed by atoms with van der Waals surface area (Å²) >= 11 is 1.62. The lowest BCUT2D eigenvalue weighted by molar-refractivity contribution is 0.0958. The zero-order valence-corrected chi connectivity index (χ0v) is 16.1. The molecule has 0 saturated carbocycles. The van der Waals surface area contributed by atoms with Gasteiger partial charge in [0, 0.05) is 32.1 Å². The number of carbonyl (C=O) groups excluding carboxylic acids is 1. The van der Waals surface area contributed by atoms with E-state index in [9.17, 15) is 4.79 Å². The molecule has 1 atom stereocenters. The van der Waals surface area contributed by atoms with E-state index in [2.05, 4.69) is 40.0 Å². The van der Waals surface area contributed by atoms with Crippen molar-refractivity contribution in [3.05, 3.63) is 53.7 Å². The van der Waals surface area contributed by atoms with E-state index in [-0.39, 0.29) is 12.0 Å². The maximum absolute atomic E-state index is 12.4. The lowest BCUT2D eigenvalue weighted by atomic mass is 10.0. The van der Waals surface area contributed by atoms with Crippen molar-refractivity contribution >= 4 is 33.5 Å². The Hall–Kier alpha value is -2.67. The van der Waals surface area contributed by atoms with E-state index >= 15 is 0 Å². The summed E-state index contributed by atoms with van der Waals surface area (Å²) in [5.74, 6) is 1.14. The highest BCUT2D eigenvalue weighted by Gasteiger charge is 2.24. The van der Waals surface area contributed by atoms with E-state index in [1.807, 2.05) is 23.6 Å². The number of nitrogens with zero attached hydrogens (tertiary/aromatic N) is 4. The maximum Gasteiger partial charge on any atom is 0.409 e. The number of benzene rings is 1. The van der Waals surface area contributed by atoms with Crippen LogP contribution in [0.2, 0.25) is 0 Å². The fourth-order valence-corrected chi connectivity index (χ4v) is 4.02. The first-order valence-electron chi connectivity index (χ1n) is 9.12. The van der Waals surface area contributed by atoms with Crippen LogP contribution in [-0.2, 0) is 4.74 Å². The third-order valence-corrected chi connectivity index (χ3v) is 5.72. The second kappa shape index (κ2) is 7.92. The Kier molecular flexibility index (Phi) is 5.20. The van der Waals surface area contributed by atoms with Crippen LogP contribution in [0.1, 0.15) is 18.4 Å². The first-order chi connectivity index (χ1) is 13.2. The molecule has 1 aliphatic heterocycles. The van der Waals surface area contributed by atoms with Crippen LogP contribution in [0.3, 0.4) is 0 Å². The van der Waals surface area contributed by atoms with Crippen molar-refractivity contribution in [2.24, 2.45) is 0 Å². The number of aromatic nitrogens is 2. The Morgan fingerprint density at radius 1 is 1.15 bits per heavy atom. The van der Waals surface area contributed by atoms with Crippen LogP contribution in [0.15, 0.2) is 48.1 Å². The molecule has 0 spiro atoms. The van der Waals surface area contributed by atoms with Crippen molar-refractivity contribution in [3.8, 4) is 0 Å². The number of anilines is 1. The summed E-state index contributed by atoms with van der Waals surface area (Å²) < 4.78 is 5.54. The zero-order valence-electron chi connectivity index (χ0n) is 15.2. The molecule has 0 aliphatic carbocycles. The van der Waals surface area contributed by atoms with Gasteiger partial charge < -0.3 is 14.5 Å². The number of piperazine rings is 1. The molecule has 1 fully saturated rings. The van der Waals surface area contributed by atoms with Gasteiger partial charge in [0.15, 0.2) is 0 Å². The highest BCUT2D eigenvalue weighted by Crippen LogP contribution is 2.27. The molecule has 7 heteroatoms. The smallest absolute Gasteiger partial charge is 0.409 e. The number of carbonyl (C=O) groups is 1. The Morgan fingerprint density at radius 2 is 1.93 bits per heavy atom. The molecule has 1 aromatic carbocycles. The van der Waals surface area contributed by atoms with Crippen LogP contribution >= 0.6 is 11.3 Å². The summed E-state index contributed by atoms with van der Waals surface area (Å²) in [5, 5.41) is 3.11. The third kappa shape index (κ3) is 3.88. The molecule has 1 amide bonds. The van der Waals surface area contributed by atoms with E-state index < -0.39 is 0 Å². The third-order valence-electron chi connectivity index (χ3n) is 4.90. The monoisotopic (exact) mass is 382 g/mol. The van der Waals surface area contributed by atoms with Crippen LogP contribution < -0.4 is 4.90 Å². The van der Waals surface area contributed by atoms with Crippen LogP contribution in [0.25, 0.3) is 10.2 Å². The van der Waals surface area contributed by atoms with E-state index in [1.165, 1.54) is 5.56 Å². The van der Waals surface area contributed by atoms with Gasteiger partial charge in [0.1, 0.15) is 17.0 Å². The van der Waals surface area contributed by atoms with Crippen LogP contribution in [-0.4, -0.2) is 53.7 Å². The molecule has 1 unspecified atom stereocenters. The van der Waals surface area contributed by atoms with Gasteiger partial charge in [-0.1, -0.05) is 37.3 Å². The molecule has 3 heterocycles. The van der Waals surface area contributed by atoms with Gasteiger partial charge in [-0.2, -0.15) is 0 Å². The number of fused-ring (bicyclic) bond motifs is 1. The Balaban J connectivity index is 1.31. The van der Waals surface area contributed by atoms with Gasteiger partial charge in [-0.15, -0.1) is 11.3 Å². The van der Waals surface area contributed by atoms with Crippen molar-refractivity contribution in [2.75, 3.05) is 37.7 Å². The molecule has 140 valence electrons. The standard InChI is InChI=1S/C20H22N4O2S/c1-15(16-5-3-2-4-6-16)13-26-20(25)24-10-8-23(9-11-24)18-17-7-12-27-19(17)22-14-21-18/h2-7,12,14-15H,8-11,13H2,1H3. The molecule has 2 aromatic heterocycles. The molecule has 1 aliphatic rings. The van der Waals surface area contributed by atoms with Crippen molar-refractivity contribution in [2.45, 2.75) is 12.8 Å². The number of ether oxygens (including phenoxy) is 1. The minimum atomic E-state index is -0.235. The van der Waals surface area contributed by atoms with Crippen molar-refractivity contribution < 1.29 is 9.53 Å². The molecular formula is C20H22N4O2S. The van der Waals surface area contributed by atoms with Gasteiger partial charge in [-0.3, -0.25) is 0 Å². The van der Waals surface area contributed by atoms with Crippen molar-refractivity contribution in [1.29, 1.82) is 0 Å². The minimum Gasteiger partial charge on any atom is -0.449 e. The fourth-order valence-electron chi connectivity index (χ4n) is 3.30. The van der Waals surface area contributed by atoms with E-state index in [1.54, 1.807) is 22.6 Å². The van der Waals surface area contributed by atoms with Gasteiger partial charge >= 0.3 is 6.09 Å². The van der Waals surface area contributed by atoms with Gasteiger partial charge in [0.05, 0.1) is 12.0 Å². The first-order valence-corrected chi connectivity index (χ1v) is 10.00. The second-order valence-corrected chi connectivity index (χ2v) is 7.59. The molecule has 0 N–H and O–H groups in total. The molecule has 1 saturated heterocycles. The summed E-state index contributed by atoms with van der Waals surface area (Å²) in [6, 6.07) is 12.2. The topological polar surface area (TPSA) is 58.6 Å². The zero-order chi connectivity index (χ0) is 18.6. The van der Waals surface area contributed by atoms with E-state index in [0.717, 1.165) is 29.1 Å². The molecule has 6 nitrogen and oxygen atoms in total. The number of hydrogen-bond acceptors (Lipinski definition) is 6. The highest BCUT2D eigenvalue weighted by molar-refractivity contribution is 7.16. The second-order valence-electron chi connectivity index (χ2n) is 6.70. The lowest BCUT2D eigenvalue weighted by Gasteiger charge is -2.35. The van der Waals surface area contributed by atoms with Crippen LogP contribution in [0.4, 0.5) is 10.6 Å². The van der Waals surface area contributed by atoms with Crippen LogP contribution in [0, 0.1) is 0 Å². The van der Waals surface area contributed by atoms with Crippen molar-refractivity contribution in [3.63, 3.8) is 0 Å². The van der Waals surface area contributed by atoms with Gasteiger partial charge in [0.25, 0.3) is 0 Å². The summed E-state index contributed by atoms with van der Waals surface area (Å²) in [4.78, 5) is 26.2. The Labute approximate surface area is 162 Å². The molecule has 0 radical (unpaired) electrons. The molecule has 27 heavy (non-hydrogen) atoms. The van der Waals surface area contributed by atoms with Crippen molar-refractivity contribution in [1.82, 2.24) is 14.9 Å². The van der Waals surface area contributed by atoms with Gasteiger partial charge in [-0.25, -0.2) is 14.8 Å². The number of thiophene rings is 1. The quantitative estimate of drug-likeness (QED) is 0.688. The SMILES string of the molecule is CC(COC(=O)N1CCN(c2ncnc3sccc23)CC1)c1ccccc1. The largest absolute Gasteiger partial charge is 0.449 e. The fraction of sp³-hybridized carbons (Fsp3) is 0.350. The molecule has 0 bridgehead atoms. The average molecular weight is 382 g/mol. The highest BCUT2D eigenvalue weighted by atomic mass is 32.1. The van der Waals surface area contributed by atoms with Gasteiger partial charge in [0.2, 0.25) is 0 Å². The summed E-state index contributed by atoms with van der Waals surface area (Å²) in [5.41, 5.74) is 1.18. The molecule has 3 aromatic rings. The molecule has 4 rings (SSSR count).